The summed E-state index contributed by atoms with van der Waals surface area (Å²) in [4.78, 5) is 0. The number of methoxy groups -OCH3 is 4. The van der Waals surface area contributed by atoms with Gasteiger partial charge in [0.15, 0.2) is 0 Å². The highest BCUT2D eigenvalue weighted by Crippen LogP contribution is 2.32. The zero-order valence-corrected chi connectivity index (χ0v) is 17.5. The minimum Gasteiger partial charge on any atom is -0.379 e. The van der Waals surface area contributed by atoms with Gasteiger partial charge in [-0.05, 0) is 26.2 Å². The van der Waals surface area contributed by atoms with Gasteiger partial charge in [0.1, 0.15) is 0 Å². The Morgan fingerprint density at radius 2 is 1.32 bits per heavy atom. The number of unbranched alkanes of at least 4 members (excludes halogenated alkanes) is 5. The molecule has 5 heteroatoms. The standard InChI is InChI=1S/C20H42O5/c1-7-8-9-10-11-12-14-19(20(22-4,23-5)24-6)15-13-16-25-17-18(2)21-3/h18-19H,7-17H2,1-6H3. The molecule has 0 aromatic heterocycles. The van der Waals surface area contributed by atoms with Crippen molar-refractivity contribution in [1.82, 2.24) is 0 Å². The van der Waals surface area contributed by atoms with E-state index in [1.54, 1.807) is 28.4 Å². The van der Waals surface area contributed by atoms with Crippen LogP contribution in [0.4, 0.5) is 0 Å². The first kappa shape index (κ1) is 24.8. The first-order valence-corrected chi connectivity index (χ1v) is 9.86. The molecule has 5 nitrogen and oxygen atoms in total. The largest absolute Gasteiger partial charge is 0.379 e. The second-order valence-corrected chi connectivity index (χ2v) is 6.73. The van der Waals surface area contributed by atoms with Gasteiger partial charge in [-0.3, -0.25) is 0 Å². The van der Waals surface area contributed by atoms with Crippen molar-refractivity contribution in [2.75, 3.05) is 41.7 Å². The summed E-state index contributed by atoms with van der Waals surface area (Å²) in [5.74, 6) is -0.759. The fourth-order valence-electron chi connectivity index (χ4n) is 3.17. The van der Waals surface area contributed by atoms with Gasteiger partial charge in [-0.1, -0.05) is 45.4 Å². The van der Waals surface area contributed by atoms with Gasteiger partial charge in [-0.2, -0.15) is 0 Å². The van der Waals surface area contributed by atoms with Crippen LogP contribution in [0.3, 0.4) is 0 Å². The third-order valence-electron chi connectivity index (χ3n) is 4.86. The molecule has 0 aliphatic carbocycles. The molecular formula is C20H42O5. The molecule has 25 heavy (non-hydrogen) atoms. The summed E-state index contributed by atoms with van der Waals surface area (Å²) >= 11 is 0. The average molecular weight is 363 g/mol. The maximum atomic E-state index is 5.67. The van der Waals surface area contributed by atoms with Gasteiger partial charge in [0.25, 0.3) is 5.97 Å². The third-order valence-corrected chi connectivity index (χ3v) is 4.86. The average Bonchev–Trinajstić information content (AvgIpc) is 2.64. The van der Waals surface area contributed by atoms with Gasteiger partial charge < -0.3 is 23.7 Å². The molecule has 0 bridgehead atoms. The highest BCUT2D eigenvalue weighted by molar-refractivity contribution is 4.71. The smallest absolute Gasteiger partial charge is 0.285 e. The van der Waals surface area contributed by atoms with Crippen LogP contribution in [0.1, 0.15) is 71.6 Å². The Morgan fingerprint density at radius 1 is 0.760 bits per heavy atom. The van der Waals surface area contributed by atoms with Crippen molar-refractivity contribution in [2.24, 2.45) is 5.92 Å². The molecule has 0 heterocycles. The molecular weight excluding hydrogens is 320 g/mol. The molecule has 0 amide bonds. The number of rotatable bonds is 18. The van der Waals surface area contributed by atoms with Gasteiger partial charge in [0.05, 0.1) is 12.7 Å². The number of hydrogen-bond donors (Lipinski definition) is 0. The molecule has 0 radical (unpaired) electrons. The monoisotopic (exact) mass is 362 g/mol. The summed E-state index contributed by atoms with van der Waals surface area (Å²) in [5.41, 5.74) is 0. The zero-order chi connectivity index (χ0) is 19.0. The van der Waals surface area contributed by atoms with E-state index in [1.807, 2.05) is 6.92 Å². The van der Waals surface area contributed by atoms with Crippen molar-refractivity contribution in [3.63, 3.8) is 0 Å². The van der Waals surface area contributed by atoms with Gasteiger partial charge in [-0.15, -0.1) is 0 Å². The Labute approximate surface area is 155 Å². The van der Waals surface area contributed by atoms with E-state index in [0.29, 0.717) is 13.2 Å². The normalized spacial score (nSPS) is 14.6. The predicted molar refractivity (Wildman–Crippen MR) is 102 cm³/mol. The molecule has 2 atom stereocenters. The van der Waals surface area contributed by atoms with E-state index in [4.69, 9.17) is 23.7 Å². The van der Waals surface area contributed by atoms with Crippen LogP contribution in [0.25, 0.3) is 0 Å². The summed E-state index contributed by atoms with van der Waals surface area (Å²) < 4.78 is 27.7. The Balaban J connectivity index is 4.33. The Kier molecular flexibility index (Phi) is 15.9. The molecule has 0 spiro atoms. The number of ether oxygens (including phenoxy) is 5. The molecule has 0 saturated carbocycles. The Hall–Kier alpha value is -0.200. The van der Waals surface area contributed by atoms with Gasteiger partial charge in [0.2, 0.25) is 0 Å². The molecule has 0 aromatic carbocycles. The molecule has 152 valence electrons. The van der Waals surface area contributed by atoms with Crippen molar-refractivity contribution in [1.29, 1.82) is 0 Å². The zero-order valence-electron chi connectivity index (χ0n) is 17.5. The second kappa shape index (κ2) is 16.0. The minimum absolute atomic E-state index is 0.134. The van der Waals surface area contributed by atoms with Crippen LogP contribution in [0.5, 0.6) is 0 Å². The van der Waals surface area contributed by atoms with Crippen LogP contribution in [-0.2, 0) is 23.7 Å². The third kappa shape index (κ3) is 10.5. The van der Waals surface area contributed by atoms with Crippen LogP contribution < -0.4 is 0 Å². The summed E-state index contributed by atoms with van der Waals surface area (Å²) in [5, 5.41) is 0. The maximum absolute atomic E-state index is 5.67. The minimum atomic E-state index is -0.955. The lowest BCUT2D eigenvalue weighted by molar-refractivity contribution is -0.380. The van der Waals surface area contributed by atoms with E-state index in [1.165, 1.54) is 38.5 Å². The SMILES string of the molecule is CCCCCCCCC(CCCOCC(C)OC)C(OC)(OC)OC. The highest BCUT2D eigenvalue weighted by Gasteiger charge is 2.39. The van der Waals surface area contributed by atoms with Crippen LogP contribution in [0.15, 0.2) is 0 Å². The number of hydrogen-bond acceptors (Lipinski definition) is 5. The quantitative estimate of drug-likeness (QED) is 0.259. The summed E-state index contributed by atoms with van der Waals surface area (Å²) in [6.45, 7) is 5.60. The molecule has 0 aliphatic heterocycles. The predicted octanol–water partition coefficient (Wildman–Crippen LogP) is 4.78. The van der Waals surface area contributed by atoms with Crippen LogP contribution in [0.2, 0.25) is 0 Å². The second-order valence-electron chi connectivity index (χ2n) is 6.73. The summed E-state index contributed by atoms with van der Waals surface area (Å²) in [6.07, 6.45) is 10.8. The van der Waals surface area contributed by atoms with Crippen molar-refractivity contribution < 1.29 is 23.7 Å². The fraction of sp³-hybridized carbons (Fsp3) is 1.00. The van der Waals surface area contributed by atoms with E-state index in [0.717, 1.165) is 19.3 Å². The van der Waals surface area contributed by atoms with Crippen LogP contribution >= 0.6 is 0 Å². The van der Waals surface area contributed by atoms with Crippen molar-refractivity contribution >= 4 is 0 Å². The summed E-state index contributed by atoms with van der Waals surface area (Å²) in [6, 6.07) is 0. The van der Waals surface area contributed by atoms with E-state index in [-0.39, 0.29) is 12.0 Å². The molecule has 0 fully saturated rings. The molecule has 0 aromatic rings. The van der Waals surface area contributed by atoms with Gasteiger partial charge >= 0.3 is 0 Å². The maximum Gasteiger partial charge on any atom is 0.285 e. The fourth-order valence-corrected chi connectivity index (χ4v) is 3.17. The van der Waals surface area contributed by atoms with Gasteiger partial charge in [0, 0.05) is 41.0 Å². The Bertz CT molecular complexity index is 273. The molecule has 2 unspecified atom stereocenters. The molecule has 0 saturated heterocycles. The molecule has 0 rings (SSSR count). The van der Waals surface area contributed by atoms with Crippen molar-refractivity contribution in [3.05, 3.63) is 0 Å². The van der Waals surface area contributed by atoms with E-state index >= 15 is 0 Å². The molecule has 0 N–H and O–H groups in total. The first-order valence-electron chi connectivity index (χ1n) is 9.86. The van der Waals surface area contributed by atoms with E-state index in [9.17, 15) is 0 Å². The molecule has 0 aliphatic rings. The van der Waals surface area contributed by atoms with Crippen LogP contribution in [0, 0.1) is 5.92 Å². The van der Waals surface area contributed by atoms with Crippen LogP contribution in [-0.4, -0.2) is 53.7 Å². The van der Waals surface area contributed by atoms with E-state index < -0.39 is 5.97 Å². The Morgan fingerprint density at radius 3 is 1.88 bits per heavy atom. The van der Waals surface area contributed by atoms with E-state index in [2.05, 4.69) is 6.92 Å². The lowest BCUT2D eigenvalue weighted by Crippen LogP contribution is -2.44. The lowest BCUT2D eigenvalue weighted by atomic mass is 9.93. The van der Waals surface area contributed by atoms with Gasteiger partial charge in [-0.25, -0.2) is 0 Å². The topological polar surface area (TPSA) is 46.2 Å². The van der Waals surface area contributed by atoms with Crippen molar-refractivity contribution in [2.45, 2.75) is 83.7 Å². The van der Waals surface area contributed by atoms with Crippen molar-refractivity contribution in [3.8, 4) is 0 Å². The summed E-state index contributed by atoms with van der Waals surface area (Å²) in [7, 11) is 6.66. The highest BCUT2D eigenvalue weighted by atomic mass is 16.9. The lowest BCUT2D eigenvalue weighted by Gasteiger charge is -2.36. The first-order chi connectivity index (χ1) is 12.1.